The zero-order valence-corrected chi connectivity index (χ0v) is 20.1. The molecule has 0 spiro atoms. The van der Waals surface area contributed by atoms with Crippen LogP contribution >= 0.6 is 0 Å². The highest BCUT2D eigenvalue weighted by Gasteiger charge is 2.38. The zero-order chi connectivity index (χ0) is 23.8. The van der Waals surface area contributed by atoms with Gasteiger partial charge in [0, 0.05) is 30.3 Å². The molecule has 0 radical (unpaired) electrons. The highest BCUT2D eigenvalue weighted by Crippen LogP contribution is 2.46. The standard InChI is InChI=1S/C29H32N2O2/c1-28(2)18-22(30-20-12-7-6-8-13-20)27(25(33)19-28)24(32)16-11-17-26-29(3,4)21-14-9-10-15-23(21)31(26)5/h6-17,32H,18-19H2,1-5H3/b16-11+,26-17-,27-24-,30-22?. The molecule has 0 unspecified atom stereocenters. The van der Waals surface area contributed by atoms with Crippen molar-refractivity contribution in [1.82, 2.24) is 0 Å². The van der Waals surface area contributed by atoms with Gasteiger partial charge in [-0.25, -0.2) is 0 Å². The number of Topliss-reactive ketones (excluding diaryl/α,β-unsaturated/α-hetero) is 1. The third-order valence-corrected chi connectivity index (χ3v) is 6.58. The first-order valence-corrected chi connectivity index (χ1v) is 11.4. The van der Waals surface area contributed by atoms with Gasteiger partial charge in [-0.2, -0.15) is 0 Å². The largest absolute Gasteiger partial charge is 0.507 e. The van der Waals surface area contributed by atoms with Gasteiger partial charge in [0.2, 0.25) is 0 Å². The van der Waals surface area contributed by atoms with Gasteiger partial charge < -0.3 is 10.0 Å². The van der Waals surface area contributed by atoms with Crippen molar-refractivity contribution in [1.29, 1.82) is 0 Å². The second-order valence-electron chi connectivity index (χ2n) is 10.2. The van der Waals surface area contributed by atoms with Crippen molar-refractivity contribution < 1.29 is 9.90 Å². The molecule has 2 aromatic carbocycles. The third-order valence-electron chi connectivity index (χ3n) is 6.58. The van der Waals surface area contributed by atoms with E-state index < -0.39 is 0 Å². The van der Waals surface area contributed by atoms with Gasteiger partial charge in [0.15, 0.2) is 5.78 Å². The van der Waals surface area contributed by atoms with Gasteiger partial charge in [-0.1, -0.05) is 70.2 Å². The number of aliphatic imine (C=N–C) groups is 1. The number of anilines is 1. The normalized spacial score (nSPS) is 23.4. The fourth-order valence-electron chi connectivity index (χ4n) is 4.95. The number of rotatable bonds is 3. The summed E-state index contributed by atoms with van der Waals surface area (Å²) in [6, 6.07) is 18.0. The summed E-state index contributed by atoms with van der Waals surface area (Å²) in [5.74, 6) is -0.0977. The van der Waals surface area contributed by atoms with Crippen molar-refractivity contribution in [2.45, 2.75) is 46.0 Å². The summed E-state index contributed by atoms with van der Waals surface area (Å²) in [5, 5.41) is 11.0. The molecule has 1 aliphatic heterocycles. The molecule has 0 amide bonds. The molecule has 1 aliphatic carbocycles. The number of para-hydroxylation sites is 2. The van der Waals surface area contributed by atoms with E-state index in [9.17, 15) is 9.90 Å². The Hall–Kier alpha value is -3.40. The van der Waals surface area contributed by atoms with Gasteiger partial charge in [0.05, 0.1) is 17.0 Å². The Morgan fingerprint density at radius 2 is 1.67 bits per heavy atom. The van der Waals surface area contributed by atoms with E-state index in [1.54, 1.807) is 6.08 Å². The van der Waals surface area contributed by atoms with Gasteiger partial charge >= 0.3 is 0 Å². The Morgan fingerprint density at radius 1 is 1.00 bits per heavy atom. The van der Waals surface area contributed by atoms with Gasteiger partial charge in [-0.3, -0.25) is 9.79 Å². The molecule has 0 aromatic heterocycles. The lowest BCUT2D eigenvalue weighted by atomic mass is 9.73. The van der Waals surface area contributed by atoms with Crippen molar-refractivity contribution in [2.75, 3.05) is 11.9 Å². The van der Waals surface area contributed by atoms with Crippen LogP contribution in [0.25, 0.3) is 0 Å². The lowest BCUT2D eigenvalue weighted by molar-refractivity contribution is -0.117. The second-order valence-corrected chi connectivity index (χ2v) is 10.2. The molecule has 1 N–H and O–H groups in total. The molecule has 4 rings (SSSR count). The number of fused-ring (bicyclic) bond motifs is 1. The minimum atomic E-state index is -0.192. The van der Waals surface area contributed by atoms with E-state index in [1.807, 2.05) is 48.6 Å². The van der Waals surface area contributed by atoms with E-state index in [4.69, 9.17) is 4.99 Å². The Morgan fingerprint density at radius 3 is 2.36 bits per heavy atom. The van der Waals surface area contributed by atoms with Crippen LogP contribution in [0.1, 0.15) is 46.1 Å². The summed E-state index contributed by atoms with van der Waals surface area (Å²) in [6.07, 6.45) is 6.48. The average molecular weight is 441 g/mol. The fraction of sp³-hybridized carbons (Fsp3) is 0.310. The summed E-state index contributed by atoms with van der Waals surface area (Å²) in [6.45, 7) is 8.53. The molecule has 1 fully saturated rings. The van der Waals surface area contributed by atoms with Gasteiger partial charge in [0.1, 0.15) is 5.76 Å². The third kappa shape index (κ3) is 4.43. The van der Waals surface area contributed by atoms with Crippen LogP contribution in [0.5, 0.6) is 0 Å². The topological polar surface area (TPSA) is 52.9 Å². The van der Waals surface area contributed by atoms with Crippen LogP contribution in [-0.2, 0) is 10.2 Å². The SMILES string of the molecule is CN1\C(=C/C=C/C(O)=C2/C(=O)CC(C)(C)CC2=Nc2ccccc2)C(C)(C)c2ccccc21. The highest BCUT2D eigenvalue weighted by atomic mass is 16.3. The van der Waals surface area contributed by atoms with Gasteiger partial charge in [-0.05, 0) is 47.8 Å². The lowest BCUT2D eigenvalue weighted by Gasteiger charge is -2.31. The molecule has 2 aliphatic rings. The number of aliphatic hydroxyl groups is 1. The summed E-state index contributed by atoms with van der Waals surface area (Å²) in [4.78, 5) is 19.9. The summed E-state index contributed by atoms with van der Waals surface area (Å²) < 4.78 is 0. The molecule has 170 valence electrons. The maximum atomic E-state index is 13.0. The number of hydrogen-bond donors (Lipinski definition) is 1. The Kier molecular flexibility index (Phi) is 5.87. The number of ketones is 1. The predicted octanol–water partition coefficient (Wildman–Crippen LogP) is 6.83. The number of allylic oxidation sites excluding steroid dienone is 5. The fourth-order valence-corrected chi connectivity index (χ4v) is 4.95. The first-order chi connectivity index (χ1) is 15.6. The van der Waals surface area contributed by atoms with Crippen molar-refractivity contribution in [2.24, 2.45) is 10.4 Å². The van der Waals surface area contributed by atoms with Gasteiger partial charge in [-0.15, -0.1) is 0 Å². The molecule has 1 saturated carbocycles. The minimum Gasteiger partial charge on any atom is -0.507 e. The van der Waals surface area contributed by atoms with Crippen LogP contribution in [0, 0.1) is 5.41 Å². The second kappa shape index (κ2) is 8.51. The van der Waals surface area contributed by atoms with Crippen LogP contribution in [0.15, 0.2) is 94.8 Å². The van der Waals surface area contributed by atoms with E-state index in [-0.39, 0.29) is 22.4 Å². The van der Waals surface area contributed by atoms with Crippen LogP contribution in [-0.4, -0.2) is 23.6 Å². The molecule has 1 heterocycles. The predicted molar refractivity (Wildman–Crippen MR) is 136 cm³/mol. The molecule has 4 heteroatoms. The molecule has 4 nitrogen and oxygen atoms in total. The molecule has 33 heavy (non-hydrogen) atoms. The van der Waals surface area contributed by atoms with Crippen molar-refractivity contribution in [3.05, 3.63) is 95.4 Å². The van der Waals surface area contributed by atoms with E-state index in [2.05, 4.69) is 57.8 Å². The number of carbonyl (C=O) groups excluding carboxylic acids is 1. The number of likely N-dealkylation sites (N-methyl/N-ethyl adjacent to an activating group) is 1. The van der Waals surface area contributed by atoms with Crippen molar-refractivity contribution >= 4 is 22.9 Å². The number of carbonyl (C=O) groups is 1. The quantitative estimate of drug-likeness (QED) is 0.420. The smallest absolute Gasteiger partial charge is 0.168 e. The highest BCUT2D eigenvalue weighted by molar-refractivity contribution is 6.25. The molecule has 2 aromatic rings. The Labute approximate surface area is 196 Å². The number of aliphatic hydroxyl groups excluding tert-OH is 1. The maximum Gasteiger partial charge on any atom is 0.168 e. The van der Waals surface area contributed by atoms with Crippen molar-refractivity contribution in [3.63, 3.8) is 0 Å². The van der Waals surface area contributed by atoms with E-state index in [1.165, 1.54) is 11.3 Å². The summed E-state index contributed by atoms with van der Waals surface area (Å²) in [7, 11) is 2.06. The molecule has 0 bridgehead atoms. The van der Waals surface area contributed by atoms with Crippen LogP contribution in [0.2, 0.25) is 0 Å². The van der Waals surface area contributed by atoms with E-state index >= 15 is 0 Å². The number of benzene rings is 2. The summed E-state index contributed by atoms with van der Waals surface area (Å²) >= 11 is 0. The first kappa shape index (κ1) is 22.8. The molecule has 0 atom stereocenters. The lowest BCUT2D eigenvalue weighted by Crippen LogP contribution is -2.32. The zero-order valence-electron chi connectivity index (χ0n) is 20.1. The number of nitrogens with zero attached hydrogens (tertiary/aromatic N) is 2. The maximum absolute atomic E-state index is 13.0. The van der Waals surface area contributed by atoms with E-state index in [0.29, 0.717) is 24.1 Å². The number of hydrogen-bond acceptors (Lipinski definition) is 4. The van der Waals surface area contributed by atoms with Crippen LogP contribution in [0.4, 0.5) is 11.4 Å². The Balaban J connectivity index is 1.69. The summed E-state index contributed by atoms with van der Waals surface area (Å²) in [5.41, 5.74) is 5.00. The Bertz CT molecular complexity index is 1200. The minimum absolute atomic E-state index is 0.0296. The first-order valence-electron chi connectivity index (χ1n) is 11.4. The van der Waals surface area contributed by atoms with Crippen LogP contribution in [0.3, 0.4) is 0 Å². The average Bonchev–Trinajstić information content (AvgIpc) is 2.94. The molecular formula is C29H32N2O2. The monoisotopic (exact) mass is 440 g/mol. The molecule has 0 saturated heterocycles. The van der Waals surface area contributed by atoms with Gasteiger partial charge in [0.25, 0.3) is 0 Å². The molecular weight excluding hydrogens is 408 g/mol. The van der Waals surface area contributed by atoms with E-state index in [0.717, 1.165) is 11.4 Å². The van der Waals surface area contributed by atoms with Crippen molar-refractivity contribution in [3.8, 4) is 0 Å². The van der Waals surface area contributed by atoms with Crippen LogP contribution < -0.4 is 4.90 Å².